The summed E-state index contributed by atoms with van der Waals surface area (Å²) < 4.78 is 6.07. The molecule has 0 radical (unpaired) electrons. The van der Waals surface area contributed by atoms with Crippen molar-refractivity contribution < 1.29 is 14.6 Å². The van der Waals surface area contributed by atoms with Gasteiger partial charge in [0.1, 0.15) is 12.4 Å². The second kappa shape index (κ2) is 9.22. The van der Waals surface area contributed by atoms with Crippen LogP contribution < -0.4 is 9.64 Å². The number of nitrogens with one attached hydrogen (secondary N) is 1. The van der Waals surface area contributed by atoms with E-state index in [2.05, 4.69) is 10.2 Å². The van der Waals surface area contributed by atoms with Gasteiger partial charge in [0.05, 0.1) is 5.54 Å². The molecular formula is C23H26ClN3O3. The number of ether oxygens (including phenoxy) is 1. The highest BCUT2D eigenvalue weighted by Crippen LogP contribution is 2.34. The Bertz CT molecular complexity index is 1010. The zero-order valence-corrected chi connectivity index (χ0v) is 18.1. The third kappa shape index (κ3) is 4.94. The fourth-order valence-electron chi connectivity index (χ4n) is 3.46. The number of amides is 1. The van der Waals surface area contributed by atoms with Crippen LogP contribution >= 0.6 is 11.6 Å². The van der Waals surface area contributed by atoms with Crippen LogP contribution in [0.25, 0.3) is 0 Å². The van der Waals surface area contributed by atoms with Crippen LogP contribution in [-0.2, 0) is 13.0 Å². The molecule has 7 heteroatoms. The summed E-state index contributed by atoms with van der Waals surface area (Å²) in [6.45, 7) is 6.13. The molecule has 158 valence electrons. The number of hydrogen-bond acceptors (Lipinski definition) is 3. The van der Waals surface area contributed by atoms with E-state index in [0.717, 1.165) is 16.8 Å². The number of H-pyrrole nitrogens is 1. The van der Waals surface area contributed by atoms with Crippen molar-refractivity contribution >= 4 is 23.5 Å². The Labute approximate surface area is 181 Å². The number of nitrogens with zero attached hydrogens (tertiary/aromatic N) is 2. The molecule has 0 saturated carbocycles. The molecule has 3 aromatic rings. The van der Waals surface area contributed by atoms with E-state index in [4.69, 9.17) is 16.3 Å². The van der Waals surface area contributed by atoms with Gasteiger partial charge in [-0.25, -0.2) is 4.79 Å². The standard InChI is InChI=1S/C23H26ClN3O3/c1-4-23(3,27(22(28)29)21-12-16(2)25-26-21)14-18-13-19(24)10-11-20(18)30-15-17-8-6-5-7-9-17/h5-13H,4,14-15H2,1-3H3,(H,25,26)(H,28,29). The maximum absolute atomic E-state index is 12.2. The van der Waals surface area contributed by atoms with E-state index in [1.807, 2.05) is 63.2 Å². The van der Waals surface area contributed by atoms with Crippen molar-refractivity contribution in [3.63, 3.8) is 0 Å². The van der Waals surface area contributed by atoms with Gasteiger partial charge < -0.3 is 9.84 Å². The summed E-state index contributed by atoms with van der Waals surface area (Å²) in [4.78, 5) is 13.5. The highest BCUT2D eigenvalue weighted by atomic mass is 35.5. The molecule has 1 aromatic heterocycles. The summed E-state index contributed by atoms with van der Waals surface area (Å²) in [5.41, 5.74) is 1.95. The van der Waals surface area contributed by atoms with E-state index in [0.29, 0.717) is 36.0 Å². The third-order valence-corrected chi connectivity index (χ3v) is 5.48. The first kappa shape index (κ1) is 21.7. The first-order valence-electron chi connectivity index (χ1n) is 9.82. The molecule has 3 rings (SSSR count). The molecule has 1 unspecified atom stereocenters. The Kier molecular flexibility index (Phi) is 6.67. The molecule has 0 aliphatic carbocycles. The van der Waals surface area contributed by atoms with Gasteiger partial charge in [-0.3, -0.25) is 10.00 Å². The van der Waals surface area contributed by atoms with Gasteiger partial charge in [-0.15, -0.1) is 0 Å². The second-order valence-corrected chi connectivity index (χ2v) is 8.02. The maximum Gasteiger partial charge on any atom is 0.413 e. The van der Waals surface area contributed by atoms with Crippen molar-refractivity contribution in [1.82, 2.24) is 10.2 Å². The van der Waals surface area contributed by atoms with E-state index < -0.39 is 11.6 Å². The average Bonchev–Trinajstić information content (AvgIpc) is 3.13. The number of carboxylic acid groups (broad SMARTS) is 1. The van der Waals surface area contributed by atoms with Crippen LogP contribution in [0.3, 0.4) is 0 Å². The van der Waals surface area contributed by atoms with Crippen molar-refractivity contribution in [3.05, 3.63) is 76.4 Å². The Morgan fingerprint density at radius 3 is 2.57 bits per heavy atom. The zero-order chi connectivity index (χ0) is 21.7. The quantitative estimate of drug-likeness (QED) is 0.472. The number of aryl methyl sites for hydroxylation is 1. The van der Waals surface area contributed by atoms with E-state index in [9.17, 15) is 9.90 Å². The minimum atomic E-state index is -1.06. The van der Waals surface area contributed by atoms with Gasteiger partial charge in [-0.05, 0) is 56.0 Å². The molecule has 2 aromatic carbocycles. The smallest absolute Gasteiger partial charge is 0.413 e. The Balaban J connectivity index is 1.91. The van der Waals surface area contributed by atoms with Gasteiger partial charge in [0.2, 0.25) is 0 Å². The van der Waals surface area contributed by atoms with Crippen molar-refractivity contribution in [3.8, 4) is 5.75 Å². The monoisotopic (exact) mass is 427 g/mol. The molecule has 1 heterocycles. The van der Waals surface area contributed by atoms with Gasteiger partial charge in [-0.1, -0.05) is 48.9 Å². The summed E-state index contributed by atoms with van der Waals surface area (Å²) in [5, 5.41) is 17.5. The van der Waals surface area contributed by atoms with Crippen LogP contribution in [-0.4, -0.2) is 26.9 Å². The van der Waals surface area contributed by atoms with Crippen LogP contribution in [0.4, 0.5) is 10.6 Å². The molecule has 6 nitrogen and oxygen atoms in total. The lowest BCUT2D eigenvalue weighted by Crippen LogP contribution is -2.51. The molecule has 0 saturated heterocycles. The summed E-state index contributed by atoms with van der Waals surface area (Å²) in [6, 6.07) is 17.1. The minimum absolute atomic E-state index is 0.373. The van der Waals surface area contributed by atoms with E-state index >= 15 is 0 Å². The number of benzene rings is 2. The van der Waals surface area contributed by atoms with Crippen molar-refractivity contribution in [1.29, 1.82) is 0 Å². The number of anilines is 1. The number of halogens is 1. The van der Waals surface area contributed by atoms with Gasteiger partial charge in [-0.2, -0.15) is 5.10 Å². The van der Waals surface area contributed by atoms with Gasteiger partial charge >= 0.3 is 6.09 Å². The molecule has 1 atom stereocenters. The van der Waals surface area contributed by atoms with Gasteiger partial charge in [0.25, 0.3) is 0 Å². The molecule has 1 amide bonds. The fraction of sp³-hybridized carbons (Fsp3) is 0.304. The van der Waals surface area contributed by atoms with E-state index in [1.54, 1.807) is 12.1 Å². The lowest BCUT2D eigenvalue weighted by Gasteiger charge is -2.38. The maximum atomic E-state index is 12.2. The van der Waals surface area contributed by atoms with Crippen LogP contribution in [0.1, 0.15) is 37.1 Å². The van der Waals surface area contributed by atoms with Crippen LogP contribution in [0.5, 0.6) is 5.75 Å². The number of hydrogen-bond donors (Lipinski definition) is 2. The number of carbonyl (C=O) groups is 1. The van der Waals surface area contributed by atoms with E-state index in [1.165, 1.54) is 4.90 Å². The van der Waals surface area contributed by atoms with Crippen LogP contribution in [0.2, 0.25) is 5.02 Å². The highest BCUT2D eigenvalue weighted by molar-refractivity contribution is 6.30. The predicted molar refractivity (Wildman–Crippen MR) is 118 cm³/mol. The van der Waals surface area contributed by atoms with Crippen molar-refractivity contribution in [2.24, 2.45) is 0 Å². The Morgan fingerprint density at radius 1 is 1.23 bits per heavy atom. The topological polar surface area (TPSA) is 78.5 Å². The van der Waals surface area contributed by atoms with E-state index in [-0.39, 0.29) is 0 Å². The summed E-state index contributed by atoms with van der Waals surface area (Å²) >= 11 is 6.27. The molecule has 0 fully saturated rings. The summed E-state index contributed by atoms with van der Waals surface area (Å²) in [7, 11) is 0. The van der Waals surface area contributed by atoms with Crippen LogP contribution in [0.15, 0.2) is 54.6 Å². The summed E-state index contributed by atoms with van der Waals surface area (Å²) in [5.74, 6) is 1.06. The molecule has 30 heavy (non-hydrogen) atoms. The molecule has 2 N–H and O–H groups in total. The first-order valence-corrected chi connectivity index (χ1v) is 10.2. The molecule has 0 aliphatic heterocycles. The SMILES string of the molecule is CCC(C)(Cc1cc(Cl)ccc1OCc1ccccc1)N(C(=O)O)c1cc(C)[nH]n1. The minimum Gasteiger partial charge on any atom is -0.489 e. The van der Waals surface area contributed by atoms with Crippen molar-refractivity contribution in [2.75, 3.05) is 4.90 Å². The zero-order valence-electron chi connectivity index (χ0n) is 17.4. The number of aromatic amines is 1. The Morgan fingerprint density at radius 2 is 1.97 bits per heavy atom. The molecular weight excluding hydrogens is 402 g/mol. The third-order valence-electron chi connectivity index (χ3n) is 5.25. The summed E-state index contributed by atoms with van der Waals surface area (Å²) in [6.07, 6.45) is -0.0537. The first-order chi connectivity index (χ1) is 14.3. The van der Waals surface area contributed by atoms with Crippen LogP contribution in [0, 0.1) is 6.92 Å². The highest BCUT2D eigenvalue weighted by Gasteiger charge is 2.37. The molecule has 0 spiro atoms. The molecule has 0 aliphatic rings. The average molecular weight is 428 g/mol. The number of aromatic nitrogens is 2. The van der Waals surface area contributed by atoms with Gasteiger partial charge in [0.15, 0.2) is 5.82 Å². The predicted octanol–water partition coefficient (Wildman–Crippen LogP) is 5.85. The normalized spacial score (nSPS) is 12.9. The Hall–Kier alpha value is -2.99. The lowest BCUT2D eigenvalue weighted by molar-refractivity contribution is 0.191. The lowest BCUT2D eigenvalue weighted by atomic mass is 9.88. The second-order valence-electron chi connectivity index (χ2n) is 7.58. The molecule has 0 bridgehead atoms. The largest absolute Gasteiger partial charge is 0.489 e. The van der Waals surface area contributed by atoms with Gasteiger partial charge in [0, 0.05) is 16.8 Å². The fourth-order valence-corrected chi connectivity index (χ4v) is 3.65. The number of rotatable bonds is 8. The van der Waals surface area contributed by atoms with Crippen molar-refractivity contribution in [2.45, 2.75) is 45.8 Å².